The van der Waals surface area contributed by atoms with Crippen LogP contribution in [0.1, 0.15) is 144 Å². The number of nitrogen functional groups attached to an aromatic ring is 1. The summed E-state index contributed by atoms with van der Waals surface area (Å²) in [4.78, 5) is 157. The Kier molecular flexibility index (Phi) is 55.8. The number of hydrogen-bond acceptors (Lipinski definition) is 33. The minimum atomic E-state index is -1.12. The van der Waals surface area contributed by atoms with Crippen molar-refractivity contribution in [3.8, 4) is 22.3 Å². The molecule has 0 spiro atoms. The van der Waals surface area contributed by atoms with E-state index in [-0.39, 0.29) is 137 Å². The topological polar surface area (TPSA) is 539 Å². The van der Waals surface area contributed by atoms with Gasteiger partial charge in [-0.1, -0.05) is 72.2 Å². The highest BCUT2D eigenvalue weighted by Gasteiger charge is 2.44. The van der Waals surface area contributed by atoms with Gasteiger partial charge in [0.25, 0.3) is 0 Å². The number of fused-ring (bicyclic) bond motifs is 1. The van der Waals surface area contributed by atoms with Crippen molar-refractivity contribution in [2.75, 3.05) is 54.4 Å². The van der Waals surface area contributed by atoms with Crippen molar-refractivity contribution in [1.29, 1.82) is 5.41 Å². The van der Waals surface area contributed by atoms with Gasteiger partial charge in [0.15, 0.2) is 17.3 Å². The van der Waals surface area contributed by atoms with E-state index in [2.05, 4.69) is 175 Å². The number of hydrogen-bond donors (Lipinski definition) is 12. The number of Topliss-reactive ketones (excluding diaryl/α,β-unsaturated/α-hetero) is 3. The van der Waals surface area contributed by atoms with Crippen LogP contribution in [-0.2, 0) is 110 Å². The summed E-state index contributed by atoms with van der Waals surface area (Å²) in [5.41, 5.74) is 9.27. The number of ether oxygens (including phenoxy) is 2. The smallest absolute Gasteiger partial charge is 0.411 e. The van der Waals surface area contributed by atoms with E-state index in [1.807, 2.05) is 42.5 Å². The normalized spacial score (nSPS) is 16.8. The number of aryl methyl sites for hydroxylation is 2. The van der Waals surface area contributed by atoms with E-state index < -0.39 is 101 Å². The Labute approximate surface area is 853 Å². The van der Waals surface area contributed by atoms with Crippen LogP contribution < -0.4 is 27.0 Å². The van der Waals surface area contributed by atoms with Gasteiger partial charge in [-0.05, 0) is 203 Å². The van der Waals surface area contributed by atoms with Crippen molar-refractivity contribution < 1.29 is 88.1 Å². The van der Waals surface area contributed by atoms with E-state index >= 15 is 0 Å². The van der Waals surface area contributed by atoms with Crippen LogP contribution in [0.25, 0.3) is 33.2 Å². The van der Waals surface area contributed by atoms with Gasteiger partial charge in [-0.15, -0.1) is 12.4 Å². The molecule has 736 valence electrons. The number of halogens is 5. The third kappa shape index (κ3) is 41.3. The van der Waals surface area contributed by atoms with Gasteiger partial charge in [-0.3, -0.25) is 53.5 Å². The molecular weight excluding hydrogens is 2150 g/mol. The molecule has 7 aromatic heterocycles. The summed E-state index contributed by atoms with van der Waals surface area (Å²) in [6, 6.07) is 28.8. The number of β-amino-alcohol motifs (C(OH)–C–C–N with tert-alkyl or cyclic N) is 4. The lowest BCUT2D eigenvalue weighted by molar-refractivity contribution is -0.142. The number of carbonyl (C=O) groups is 10. The van der Waals surface area contributed by atoms with Crippen LogP contribution in [0.4, 0.5) is 32.7 Å². The van der Waals surface area contributed by atoms with Gasteiger partial charge in [0.2, 0.25) is 17.7 Å². The van der Waals surface area contributed by atoms with Gasteiger partial charge in [-0.2, -0.15) is 18.6 Å². The molecule has 135 heavy (non-hydrogen) atoms. The number of aromatic nitrogens is 10. The van der Waals surface area contributed by atoms with Crippen LogP contribution in [0, 0.1) is 19.3 Å². The molecule has 4 aliphatic rings. The number of pyridine rings is 4. The molecule has 37 nitrogen and oxygen atoms in total. The summed E-state index contributed by atoms with van der Waals surface area (Å²) < 4.78 is 14.5. The maximum absolute atomic E-state index is 13.4. The summed E-state index contributed by atoms with van der Waals surface area (Å²) in [5.74, 6) is -1.42. The second-order valence-electron chi connectivity index (χ2n) is 30.7. The number of ketones is 3. The fourth-order valence-corrected chi connectivity index (χ4v) is 14.0. The van der Waals surface area contributed by atoms with Crippen LogP contribution in [0.5, 0.6) is 0 Å². The Morgan fingerprint density at radius 3 is 1.41 bits per heavy atom. The zero-order valence-corrected chi connectivity index (χ0v) is 84.3. The first-order valence-electron chi connectivity index (χ1n) is 39.0. The Balaban J connectivity index is 0.00000164. The molecule has 0 saturated carbocycles. The second kappa shape index (κ2) is 60.1. The lowest BCUT2D eigenvalue weighted by atomic mass is 10.00. The average Bonchev–Trinajstić information content (AvgIpc) is 1.62. The average molecular weight is 2260 g/mol. The number of nitrogens with two attached hydrogens (primary N) is 1. The van der Waals surface area contributed by atoms with E-state index in [0.717, 1.165) is 50.9 Å². The predicted molar refractivity (Wildman–Crippen MR) is 552 cm³/mol. The molecule has 0 unspecified atom stereocenters. The maximum atomic E-state index is 13.4. The molecule has 8 atom stereocenters. The van der Waals surface area contributed by atoms with Gasteiger partial charge in [0.1, 0.15) is 101 Å². The summed E-state index contributed by atoms with van der Waals surface area (Å²) in [6.45, 7) is 16.7. The lowest BCUT2D eigenvalue weighted by Gasteiger charge is -2.27. The number of aliphatic hydroxyl groups is 4. The SMILES string of the molecule is C.C.C.C.CC(=O)C(=N)c1ccc(-c2cnc(C)nc2)cc1NCC(=O)O.CC(=O)c1nn(CC(=O)N2C[C@H](O)C[C@H]2C(=O)Nc2cccc(Br)n2)c2ccc(-c3cnc(C)nc3)cc12.CC(C)(C)OC(=O)N1C[C@H](O)C[C@H]1C(=O)Nc1cccc(Br)n1.CC(C)(C)OC(=O)N1C[C@H](O)C[C@H]1C(=O)O.Cl.Nc1cccc(Br)n1.O=C(Cc1cccc(Br)n1)[C@@H]1C[C@@H](O)CN1.S.S=S.S=S=S. The molecule has 9 aromatic rings. The van der Waals surface area contributed by atoms with Gasteiger partial charge in [0, 0.05) is 158 Å². The standard InChI is InChI=1S/C26H24BrN7O4.C16H16N4O3.C15H20BrN3O4.C11H13BrN2O2.C10H17NO5.C5H5BrN2.4CH4.ClH.S3.S2.H2S/c1-14(35)25-19-8-16(17-10-28-15(2)29-11-17)6-7-20(19)34(32-25)13-24(37)33-12-18(36)9-21(33)26(38)31-23-5-3-4-22(27)30-23;1-9(21)16(17)13-4-3-11(5-14(13)20-8-15(22)23)12-6-18-10(2)19-7-12;1-15(2,3)23-14(22)19-8-9(20)7-10(19)13(21)18-12-6-4-5-11(16)17-12;12-11-3-1-2-7(14-11)4-10(16)9-5-8(15)6-13-9;1-10(2,3)16-9(15)11-5-6(12)4-7(11)8(13)14;6-4-2-1-3-5(7)8-4;;;;;;1-3-2;1-2;/h3-8,10-11,18,21,36H,9,12-13H2,1-2H3,(H,30,31,38);3-7,17,20H,8H2,1-2H3,(H,22,23);4-6,9-10,20H,7-8H2,1-3H3,(H,17,18,21);1-3,8-9,13,15H,4-6H2;6-7,12H,4-5H2,1-3H3,(H,13,14);1-3H,(H2,7,8);4*1H4;1H;;;1H2/t18-,21+;;9-,10+;8-,9+;6-,7+;;;;;;;;;/m1.111........./s1. The summed E-state index contributed by atoms with van der Waals surface area (Å²) in [6.07, 6.45) is 3.77. The molecule has 0 aliphatic carbocycles. The predicted octanol–water partition coefficient (Wildman–Crippen LogP) is 12.4. The molecule has 4 fully saturated rings. The van der Waals surface area contributed by atoms with E-state index in [9.17, 15) is 68.4 Å². The highest BCUT2D eigenvalue weighted by atomic mass is 79.9. The number of benzene rings is 2. The number of aliphatic hydroxyl groups excluding tert-OH is 4. The molecule has 4 aliphatic heterocycles. The number of aliphatic carboxylic acids is 2. The number of carboxylic acid groups (broad SMARTS) is 2. The van der Waals surface area contributed by atoms with E-state index in [1.165, 1.54) is 28.3 Å². The number of nitrogens with zero attached hydrogens (tertiary/aromatic N) is 13. The van der Waals surface area contributed by atoms with Crippen molar-refractivity contribution in [3.63, 3.8) is 0 Å². The number of amides is 5. The van der Waals surface area contributed by atoms with Crippen LogP contribution in [-0.4, -0.2) is 252 Å². The molecule has 13 N–H and O–H groups in total. The molecule has 4 saturated heterocycles. The quantitative estimate of drug-likeness (QED) is 0.0216. The minimum Gasteiger partial charge on any atom is -0.480 e. The third-order valence-electron chi connectivity index (χ3n) is 18.3. The van der Waals surface area contributed by atoms with Crippen LogP contribution in [0.2, 0.25) is 0 Å². The fraction of sp³-hybridized carbons (Fsp3) is 0.402. The number of carboxylic acids is 2. The maximum Gasteiger partial charge on any atom is 0.411 e. The van der Waals surface area contributed by atoms with Crippen LogP contribution >= 0.6 is 89.6 Å². The van der Waals surface area contributed by atoms with Crippen molar-refractivity contribution in [2.24, 2.45) is 0 Å². The fourth-order valence-electron chi connectivity index (χ4n) is 12.6. The van der Waals surface area contributed by atoms with Crippen molar-refractivity contribution in [3.05, 3.63) is 181 Å². The second-order valence-corrected chi connectivity index (χ2v) is 35.7. The minimum absolute atomic E-state index is 0. The molecule has 11 heterocycles. The number of anilines is 4. The van der Waals surface area contributed by atoms with Crippen molar-refractivity contribution in [2.45, 2.75) is 197 Å². The molecule has 2 aromatic carbocycles. The zero-order valence-electron chi connectivity index (χ0n) is 72.0. The Morgan fingerprint density at radius 2 is 1.00 bits per heavy atom. The number of rotatable bonds is 18. The largest absolute Gasteiger partial charge is 0.480 e. The molecule has 5 amide bonds. The number of carbonyl (C=O) groups excluding carboxylic acids is 8. The van der Waals surface area contributed by atoms with E-state index in [1.54, 1.807) is 147 Å². The highest BCUT2D eigenvalue weighted by molar-refractivity contribution is 9.11. The first kappa shape index (κ1) is 125. The Hall–Kier alpha value is -9.70. The summed E-state index contributed by atoms with van der Waals surface area (Å²) in [5, 5.41) is 80.5. The van der Waals surface area contributed by atoms with E-state index in [4.69, 9.17) is 30.8 Å². The van der Waals surface area contributed by atoms with Crippen molar-refractivity contribution >= 4 is 242 Å². The van der Waals surface area contributed by atoms with Gasteiger partial charge in [0.05, 0.1) is 55.5 Å². The molecule has 0 bridgehead atoms. The van der Waals surface area contributed by atoms with Gasteiger partial charge >= 0.3 is 24.1 Å². The molecular formula is C87H114Br4ClN19O18S6. The van der Waals surface area contributed by atoms with Crippen LogP contribution in [0.15, 0.2) is 152 Å². The Morgan fingerprint density at radius 1 is 0.578 bits per heavy atom. The number of likely N-dealkylation sites (tertiary alicyclic amines) is 3. The summed E-state index contributed by atoms with van der Waals surface area (Å²) in [7, 11) is 0.917. The van der Waals surface area contributed by atoms with Crippen molar-refractivity contribution in [1.82, 2.24) is 69.7 Å². The molecule has 13 rings (SSSR count). The van der Waals surface area contributed by atoms with Crippen LogP contribution in [0.3, 0.4) is 0 Å². The molecule has 0 radical (unpaired) electrons. The first-order chi connectivity index (χ1) is 60.8. The monoisotopic (exact) mass is 2260 g/mol. The summed E-state index contributed by atoms with van der Waals surface area (Å²) >= 11 is 28.5. The third-order valence-corrected chi connectivity index (χ3v) is 20.0. The zero-order chi connectivity index (χ0) is 95.9. The molecule has 48 heteroatoms. The van der Waals surface area contributed by atoms with Gasteiger partial charge in [-0.25, -0.2) is 54.3 Å². The highest BCUT2D eigenvalue weighted by Crippen LogP contribution is 2.31. The number of nitrogens with one attached hydrogen (secondary N) is 5. The Bertz CT molecular complexity index is 5510. The van der Waals surface area contributed by atoms with E-state index in [0.29, 0.717) is 79.8 Å². The lowest BCUT2D eigenvalue weighted by Crippen LogP contribution is -2.45. The van der Waals surface area contributed by atoms with Gasteiger partial charge < -0.3 is 72.0 Å². The first-order valence-corrected chi connectivity index (χ1v) is 46.2.